The van der Waals surface area contributed by atoms with Gasteiger partial charge in [-0.15, -0.1) is 0 Å². The number of rotatable bonds is 10. The van der Waals surface area contributed by atoms with Gasteiger partial charge in [-0.3, -0.25) is 14.2 Å². The zero-order valence-corrected chi connectivity index (χ0v) is 19.8. The molecule has 0 aliphatic rings. The lowest BCUT2D eigenvalue weighted by molar-refractivity contribution is -0.133. The van der Waals surface area contributed by atoms with Crippen LogP contribution in [0.5, 0.6) is 0 Å². The van der Waals surface area contributed by atoms with Gasteiger partial charge in [-0.05, 0) is 56.0 Å². The average Bonchev–Trinajstić information content (AvgIpc) is 2.82. The Kier molecular flexibility index (Phi) is 8.20. The zero-order valence-electron chi connectivity index (χ0n) is 19.8. The molecule has 0 N–H and O–H groups in total. The number of benzene rings is 2. The number of fused-ring (bicyclic) bond motifs is 1. The summed E-state index contributed by atoms with van der Waals surface area (Å²) in [7, 11) is 0. The molecular weight excluding hydrogens is 398 g/mol. The maximum Gasteiger partial charge on any atom is 0.266 e. The number of hydrogen-bond donors (Lipinski definition) is 0. The van der Waals surface area contributed by atoms with Gasteiger partial charge in [-0.1, -0.05) is 57.9 Å². The van der Waals surface area contributed by atoms with Crippen LogP contribution in [0, 0.1) is 0 Å². The van der Waals surface area contributed by atoms with Gasteiger partial charge >= 0.3 is 0 Å². The van der Waals surface area contributed by atoms with Gasteiger partial charge in [0.1, 0.15) is 5.82 Å². The maximum atomic E-state index is 13.6. The third-order valence-electron chi connectivity index (χ3n) is 6.06. The van der Waals surface area contributed by atoms with Gasteiger partial charge in [0.2, 0.25) is 5.91 Å². The standard InChI is InChI=1S/C27H35N3O2/c1-5-8-14-25(31)29(19-9-6-2)20(4)26-28-24-13-11-10-12-23(24)27(32)30(26)22-17-15-21(7-3)16-18-22/h10-13,15-18,20H,5-9,14,19H2,1-4H3/t20-/m1/s1. The van der Waals surface area contributed by atoms with Crippen molar-refractivity contribution in [1.82, 2.24) is 14.5 Å². The van der Waals surface area contributed by atoms with E-state index in [1.54, 1.807) is 4.57 Å². The maximum absolute atomic E-state index is 13.6. The topological polar surface area (TPSA) is 55.2 Å². The second-order valence-electron chi connectivity index (χ2n) is 8.37. The molecule has 5 heteroatoms. The van der Waals surface area contributed by atoms with E-state index in [0.29, 0.717) is 29.7 Å². The van der Waals surface area contributed by atoms with E-state index in [-0.39, 0.29) is 17.5 Å². The minimum absolute atomic E-state index is 0.0989. The summed E-state index contributed by atoms with van der Waals surface area (Å²) in [5.74, 6) is 0.738. The first-order chi connectivity index (χ1) is 15.5. The van der Waals surface area contributed by atoms with Gasteiger partial charge < -0.3 is 4.90 Å². The molecule has 3 rings (SSSR count). The van der Waals surface area contributed by atoms with Crippen LogP contribution < -0.4 is 5.56 Å². The van der Waals surface area contributed by atoms with Crippen molar-refractivity contribution in [3.8, 4) is 5.69 Å². The van der Waals surface area contributed by atoms with Gasteiger partial charge in [0.25, 0.3) is 5.56 Å². The Bertz CT molecular complexity index is 1100. The second kappa shape index (κ2) is 11.1. The molecule has 0 aliphatic carbocycles. The predicted octanol–water partition coefficient (Wildman–Crippen LogP) is 5.83. The molecule has 0 fully saturated rings. The number of carbonyl (C=O) groups is 1. The van der Waals surface area contributed by atoms with E-state index in [4.69, 9.17) is 4.98 Å². The Labute approximate surface area is 191 Å². The number of aromatic nitrogens is 2. The van der Waals surface area contributed by atoms with Gasteiger partial charge in [-0.2, -0.15) is 0 Å². The molecule has 32 heavy (non-hydrogen) atoms. The third kappa shape index (κ3) is 5.09. The average molecular weight is 434 g/mol. The molecule has 1 amide bonds. The highest BCUT2D eigenvalue weighted by molar-refractivity contribution is 5.79. The molecule has 0 unspecified atom stereocenters. The molecular formula is C27H35N3O2. The Morgan fingerprint density at radius 1 is 1.00 bits per heavy atom. The van der Waals surface area contributed by atoms with Crippen molar-refractivity contribution >= 4 is 16.8 Å². The Hall–Kier alpha value is -2.95. The summed E-state index contributed by atoms with van der Waals surface area (Å²) in [6, 6.07) is 15.2. The number of unbranched alkanes of at least 4 members (excludes halogenated alkanes) is 2. The van der Waals surface area contributed by atoms with E-state index in [1.165, 1.54) is 5.56 Å². The quantitative estimate of drug-likeness (QED) is 0.404. The van der Waals surface area contributed by atoms with Crippen LogP contribution in [-0.4, -0.2) is 26.9 Å². The molecule has 3 aromatic rings. The summed E-state index contributed by atoms with van der Waals surface area (Å²) >= 11 is 0. The van der Waals surface area contributed by atoms with Crippen LogP contribution in [0.1, 0.15) is 77.2 Å². The van der Waals surface area contributed by atoms with Gasteiger partial charge in [0.15, 0.2) is 0 Å². The molecule has 5 nitrogen and oxygen atoms in total. The van der Waals surface area contributed by atoms with Crippen LogP contribution in [0.4, 0.5) is 0 Å². The van der Waals surface area contributed by atoms with Crippen LogP contribution in [-0.2, 0) is 11.2 Å². The largest absolute Gasteiger partial charge is 0.333 e. The minimum Gasteiger partial charge on any atom is -0.333 e. The summed E-state index contributed by atoms with van der Waals surface area (Å²) in [6.45, 7) is 8.99. The first-order valence-corrected chi connectivity index (χ1v) is 11.9. The molecule has 0 aliphatic heterocycles. The number of amides is 1. The Balaban J connectivity index is 2.17. The summed E-state index contributed by atoms with van der Waals surface area (Å²) in [6.07, 6.45) is 5.22. The number of para-hydroxylation sites is 1. The molecule has 1 atom stereocenters. The molecule has 0 saturated heterocycles. The highest BCUT2D eigenvalue weighted by atomic mass is 16.2. The molecule has 170 valence electrons. The second-order valence-corrected chi connectivity index (χ2v) is 8.37. The normalized spacial score (nSPS) is 12.1. The highest BCUT2D eigenvalue weighted by Crippen LogP contribution is 2.24. The highest BCUT2D eigenvalue weighted by Gasteiger charge is 2.26. The van der Waals surface area contributed by atoms with Crippen molar-refractivity contribution in [2.75, 3.05) is 6.54 Å². The van der Waals surface area contributed by atoms with E-state index in [2.05, 4.69) is 20.8 Å². The Morgan fingerprint density at radius 2 is 1.69 bits per heavy atom. The van der Waals surface area contributed by atoms with Crippen LogP contribution in [0.15, 0.2) is 53.3 Å². The van der Waals surface area contributed by atoms with E-state index in [1.807, 2.05) is 60.4 Å². The van der Waals surface area contributed by atoms with Crippen LogP contribution >= 0.6 is 0 Å². The van der Waals surface area contributed by atoms with E-state index in [0.717, 1.165) is 37.8 Å². The molecule has 2 aromatic carbocycles. The fraction of sp³-hybridized carbons (Fsp3) is 0.444. The molecule has 1 heterocycles. The van der Waals surface area contributed by atoms with Crippen molar-refractivity contribution in [1.29, 1.82) is 0 Å². The SMILES string of the molecule is CCCCC(=O)N(CCCC)[C@H](C)c1nc2ccccc2c(=O)n1-c1ccc(CC)cc1. The summed E-state index contributed by atoms with van der Waals surface area (Å²) in [5.41, 5.74) is 2.56. The summed E-state index contributed by atoms with van der Waals surface area (Å²) in [5, 5.41) is 0.584. The number of hydrogen-bond acceptors (Lipinski definition) is 3. The van der Waals surface area contributed by atoms with E-state index in [9.17, 15) is 9.59 Å². The van der Waals surface area contributed by atoms with Crippen LogP contribution in [0.25, 0.3) is 16.6 Å². The lowest BCUT2D eigenvalue weighted by Gasteiger charge is -2.30. The van der Waals surface area contributed by atoms with Crippen molar-refractivity contribution in [2.24, 2.45) is 0 Å². The molecule has 0 radical (unpaired) electrons. The fourth-order valence-corrected chi connectivity index (χ4v) is 4.03. The summed E-state index contributed by atoms with van der Waals surface area (Å²) in [4.78, 5) is 33.5. The van der Waals surface area contributed by atoms with Crippen molar-refractivity contribution in [2.45, 2.75) is 72.3 Å². The van der Waals surface area contributed by atoms with Gasteiger partial charge in [-0.25, -0.2) is 4.98 Å². The van der Waals surface area contributed by atoms with Crippen molar-refractivity contribution in [3.05, 3.63) is 70.3 Å². The molecule has 0 saturated carbocycles. The first kappa shape index (κ1) is 23.7. The summed E-state index contributed by atoms with van der Waals surface area (Å²) < 4.78 is 1.69. The van der Waals surface area contributed by atoms with E-state index < -0.39 is 0 Å². The lowest BCUT2D eigenvalue weighted by Crippen LogP contribution is -2.38. The fourth-order valence-electron chi connectivity index (χ4n) is 4.03. The minimum atomic E-state index is -0.311. The smallest absolute Gasteiger partial charge is 0.266 e. The number of aryl methyl sites for hydroxylation is 1. The third-order valence-corrected chi connectivity index (χ3v) is 6.06. The molecule has 0 bridgehead atoms. The van der Waals surface area contributed by atoms with Crippen LogP contribution in [0.2, 0.25) is 0 Å². The lowest BCUT2D eigenvalue weighted by atomic mass is 10.1. The Morgan fingerprint density at radius 3 is 2.34 bits per heavy atom. The van der Waals surface area contributed by atoms with Crippen LogP contribution in [0.3, 0.4) is 0 Å². The first-order valence-electron chi connectivity index (χ1n) is 11.9. The van der Waals surface area contributed by atoms with Crippen molar-refractivity contribution < 1.29 is 4.79 Å². The van der Waals surface area contributed by atoms with Crippen molar-refractivity contribution in [3.63, 3.8) is 0 Å². The zero-order chi connectivity index (χ0) is 23.1. The number of nitrogens with zero attached hydrogens (tertiary/aromatic N) is 3. The molecule has 1 aromatic heterocycles. The molecule has 0 spiro atoms. The monoisotopic (exact) mass is 433 g/mol. The van der Waals surface area contributed by atoms with Gasteiger partial charge in [0.05, 0.1) is 22.6 Å². The predicted molar refractivity (Wildman–Crippen MR) is 131 cm³/mol. The van der Waals surface area contributed by atoms with Gasteiger partial charge in [0, 0.05) is 13.0 Å². The van der Waals surface area contributed by atoms with E-state index >= 15 is 0 Å². The number of carbonyl (C=O) groups excluding carboxylic acids is 1.